The van der Waals surface area contributed by atoms with Gasteiger partial charge in [0.15, 0.2) is 0 Å². The van der Waals surface area contributed by atoms with E-state index in [9.17, 15) is 0 Å². The minimum atomic E-state index is 0.745. The molecule has 0 radical (unpaired) electrons. The van der Waals surface area contributed by atoms with E-state index in [2.05, 4.69) is 23.5 Å². The molecule has 1 aliphatic carbocycles. The fourth-order valence-corrected chi connectivity index (χ4v) is 3.25. The van der Waals surface area contributed by atoms with Gasteiger partial charge < -0.3 is 5.32 Å². The highest BCUT2D eigenvalue weighted by atomic mass is 35.5. The smallest absolute Gasteiger partial charge is 0.0726 e. The number of para-hydroxylation sites is 1. The second kappa shape index (κ2) is 5.05. The molecule has 0 atom stereocenters. The SMILES string of the molecule is Clc1cccc(Nc2c3c(nc4ccccc24)CCC3)c1. The summed E-state index contributed by atoms with van der Waals surface area (Å²) in [6, 6.07) is 16.2. The molecule has 0 spiro atoms. The Morgan fingerprint density at radius 2 is 1.90 bits per heavy atom. The Bertz CT molecular complexity index is 827. The Hall–Kier alpha value is -2.06. The van der Waals surface area contributed by atoms with Gasteiger partial charge in [0.25, 0.3) is 0 Å². The molecule has 0 unspecified atom stereocenters. The minimum Gasteiger partial charge on any atom is -0.355 e. The lowest BCUT2D eigenvalue weighted by molar-refractivity contribution is 0.901. The topological polar surface area (TPSA) is 24.9 Å². The first-order chi connectivity index (χ1) is 10.3. The summed E-state index contributed by atoms with van der Waals surface area (Å²) in [4.78, 5) is 4.81. The van der Waals surface area contributed by atoms with Crippen LogP contribution in [-0.4, -0.2) is 4.98 Å². The van der Waals surface area contributed by atoms with Gasteiger partial charge in [-0.15, -0.1) is 0 Å². The summed E-state index contributed by atoms with van der Waals surface area (Å²) in [7, 11) is 0. The van der Waals surface area contributed by atoms with E-state index in [-0.39, 0.29) is 0 Å². The van der Waals surface area contributed by atoms with Crippen molar-refractivity contribution in [1.29, 1.82) is 0 Å². The molecule has 0 saturated carbocycles. The molecule has 1 aromatic heterocycles. The molecule has 1 N–H and O–H groups in total. The second-order valence-corrected chi connectivity index (χ2v) is 5.85. The van der Waals surface area contributed by atoms with Gasteiger partial charge >= 0.3 is 0 Å². The van der Waals surface area contributed by atoms with Crippen molar-refractivity contribution in [3.8, 4) is 0 Å². The van der Waals surface area contributed by atoms with Gasteiger partial charge in [0.1, 0.15) is 0 Å². The van der Waals surface area contributed by atoms with Crippen LogP contribution in [0, 0.1) is 0 Å². The molecule has 4 rings (SSSR count). The predicted molar refractivity (Wildman–Crippen MR) is 88.5 cm³/mol. The third-order valence-corrected chi connectivity index (χ3v) is 4.25. The number of aromatic nitrogens is 1. The summed E-state index contributed by atoms with van der Waals surface area (Å²) in [5, 5.41) is 5.49. The molecule has 3 heteroatoms. The van der Waals surface area contributed by atoms with Crippen LogP contribution >= 0.6 is 11.6 Å². The number of nitrogens with zero attached hydrogens (tertiary/aromatic N) is 1. The summed E-state index contributed by atoms with van der Waals surface area (Å²) in [6.45, 7) is 0. The maximum atomic E-state index is 6.09. The molecule has 0 fully saturated rings. The standard InChI is InChI=1S/C18H15ClN2/c19-12-5-3-6-13(11-12)20-18-14-7-1-2-9-16(14)21-17-10-4-8-15(17)18/h1-3,5-7,9,11H,4,8,10H2,(H,20,21). The van der Waals surface area contributed by atoms with Crippen LogP contribution in [0.5, 0.6) is 0 Å². The zero-order chi connectivity index (χ0) is 14.2. The van der Waals surface area contributed by atoms with E-state index in [0.29, 0.717) is 0 Å². The fourth-order valence-electron chi connectivity index (χ4n) is 3.06. The quantitative estimate of drug-likeness (QED) is 0.709. The lowest BCUT2D eigenvalue weighted by Gasteiger charge is -2.15. The van der Waals surface area contributed by atoms with Gasteiger partial charge in [-0.1, -0.05) is 35.9 Å². The Labute approximate surface area is 128 Å². The number of fused-ring (bicyclic) bond motifs is 2. The zero-order valence-electron chi connectivity index (χ0n) is 11.6. The van der Waals surface area contributed by atoms with Gasteiger partial charge in [-0.25, -0.2) is 0 Å². The van der Waals surface area contributed by atoms with Crippen molar-refractivity contribution in [2.24, 2.45) is 0 Å². The molecule has 2 nitrogen and oxygen atoms in total. The van der Waals surface area contributed by atoms with Gasteiger partial charge in [0.05, 0.1) is 11.2 Å². The van der Waals surface area contributed by atoms with E-state index in [1.54, 1.807) is 0 Å². The molecule has 2 aromatic carbocycles. The van der Waals surface area contributed by atoms with Crippen LogP contribution in [0.15, 0.2) is 48.5 Å². The lowest BCUT2D eigenvalue weighted by Crippen LogP contribution is -1.99. The van der Waals surface area contributed by atoms with E-state index in [0.717, 1.165) is 29.1 Å². The predicted octanol–water partition coefficient (Wildman–Crippen LogP) is 5.12. The van der Waals surface area contributed by atoms with Crippen LogP contribution in [0.1, 0.15) is 17.7 Å². The van der Waals surface area contributed by atoms with Gasteiger partial charge in [-0.05, 0) is 49.1 Å². The van der Waals surface area contributed by atoms with Crippen molar-refractivity contribution in [3.63, 3.8) is 0 Å². The first-order valence-corrected chi connectivity index (χ1v) is 7.62. The molecule has 1 aliphatic rings. The average Bonchev–Trinajstić information content (AvgIpc) is 2.95. The van der Waals surface area contributed by atoms with Crippen molar-refractivity contribution >= 4 is 33.9 Å². The van der Waals surface area contributed by atoms with Crippen molar-refractivity contribution in [3.05, 3.63) is 64.8 Å². The largest absolute Gasteiger partial charge is 0.355 e. The van der Waals surface area contributed by atoms with E-state index in [1.807, 2.05) is 30.3 Å². The first kappa shape index (κ1) is 12.7. The summed E-state index contributed by atoms with van der Waals surface area (Å²) in [5.74, 6) is 0. The second-order valence-electron chi connectivity index (χ2n) is 5.42. The highest BCUT2D eigenvalue weighted by Gasteiger charge is 2.19. The summed E-state index contributed by atoms with van der Waals surface area (Å²) >= 11 is 6.09. The van der Waals surface area contributed by atoms with Crippen LogP contribution in [-0.2, 0) is 12.8 Å². The number of benzene rings is 2. The molecule has 3 aromatic rings. The van der Waals surface area contributed by atoms with Crippen LogP contribution in [0.2, 0.25) is 5.02 Å². The van der Waals surface area contributed by atoms with E-state index in [1.165, 1.54) is 28.8 Å². The van der Waals surface area contributed by atoms with Crippen molar-refractivity contribution in [2.45, 2.75) is 19.3 Å². The number of halogens is 1. The molecule has 0 amide bonds. The normalized spacial score (nSPS) is 13.4. The number of anilines is 2. The van der Waals surface area contributed by atoms with E-state index in [4.69, 9.17) is 16.6 Å². The molecular formula is C18H15ClN2. The summed E-state index contributed by atoms with van der Waals surface area (Å²) in [5.41, 5.74) is 5.86. The third-order valence-electron chi connectivity index (χ3n) is 4.01. The van der Waals surface area contributed by atoms with Crippen molar-refractivity contribution < 1.29 is 0 Å². The van der Waals surface area contributed by atoms with Crippen LogP contribution < -0.4 is 5.32 Å². The molecule has 104 valence electrons. The zero-order valence-corrected chi connectivity index (χ0v) is 12.3. The van der Waals surface area contributed by atoms with Crippen LogP contribution in [0.25, 0.3) is 10.9 Å². The molecule has 0 bridgehead atoms. The van der Waals surface area contributed by atoms with Gasteiger partial charge in [0, 0.05) is 21.8 Å². The number of nitrogens with one attached hydrogen (secondary N) is 1. The number of rotatable bonds is 2. The highest BCUT2D eigenvalue weighted by Crippen LogP contribution is 2.36. The average molecular weight is 295 g/mol. The monoisotopic (exact) mass is 294 g/mol. The molecular weight excluding hydrogens is 280 g/mol. The Morgan fingerprint density at radius 3 is 2.81 bits per heavy atom. The number of pyridine rings is 1. The third kappa shape index (κ3) is 2.26. The maximum absolute atomic E-state index is 6.09. The Kier molecular flexibility index (Phi) is 3.04. The van der Waals surface area contributed by atoms with Crippen LogP contribution in [0.4, 0.5) is 11.4 Å². The Balaban J connectivity index is 1.90. The number of hydrogen-bond donors (Lipinski definition) is 1. The number of aryl methyl sites for hydroxylation is 1. The number of hydrogen-bond acceptors (Lipinski definition) is 2. The van der Waals surface area contributed by atoms with Crippen molar-refractivity contribution in [2.75, 3.05) is 5.32 Å². The summed E-state index contributed by atoms with van der Waals surface area (Å²) < 4.78 is 0. The lowest BCUT2D eigenvalue weighted by atomic mass is 10.1. The summed E-state index contributed by atoms with van der Waals surface area (Å²) in [6.07, 6.45) is 3.35. The molecule has 21 heavy (non-hydrogen) atoms. The molecule has 1 heterocycles. The molecule has 0 saturated heterocycles. The van der Waals surface area contributed by atoms with Gasteiger partial charge in [-0.2, -0.15) is 0 Å². The Morgan fingerprint density at radius 1 is 1.00 bits per heavy atom. The van der Waals surface area contributed by atoms with Gasteiger partial charge in [0.2, 0.25) is 0 Å². The van der Waals surface area contributed by atoms with E-state index < -0.39 is 0 Å². The highest BCUT2D eigenvalue weighted by molar-refractivity contribution is 6.30. The maximum Gasteiger partial charge on any atom is 0.0726 e. The van der Waals surface area contributed by atoms with E-state index >= 15 is 0 Å². The van der Waals surface area contributed by atoms with Crippen molar-refractivity contribution in [1.82, 2.24) is 4.98 Å². The van der Waals surface area contributed by atoms with Crippen LogP contribution in [0.3, 0.4) is 0 Å². The minimum absolute atomic E-state index is 0.745. The molecule has 0 aliphatic heterocycles. The first-order valence-electron chi connectivity index (χ1n) is 7.24. The fraction of sp³-hybridized carbons (Fsp3) is 0.167. The van der Waals surface area contributed by atoms with Gasteiger partial charge in [-0.3, -0.25) is 4.98 Å².